The van der Waals surface area contributed by atoms with Crippen LogP contribution in [0.15, 0.2) is 64.0 Å². The number of benzene rings is 3. The summed E-state index contributed by atoms with van der Waals surface area (Å²) in [6.07, 6.45) is 1.53. The maximum Gasteiger partial charge on any atom is 0.294 e. The number of hydrogen-bond donors (Lipinski definition) is 2. The van der Waals surface area contributed by atoms with Crippen molar-refractivity contribution >= 4 is 68.1 Å². The molecule has 0 saturated carbocycles. The van der Waals surface area contributed by atoms with Crippen molar-refractivity contribution in [2.24, 2.45) is 0 Å². The Kier molecular flexibility index (Phi) is 10.5. The monoisotopic (exact) mass is 667 g/mol. The minimum Gasteiger partial charge on any atom is -0.494 e. The molecule has 10 nitrogen and oxygen atoms in total. The minimum atomic E-state index is -0.578. The first-order chi connectivity index (χ1) is 20.6. The van der Waals surface area contributed by atoms with Gasteiger partial charge in [-0.15, -0.1) is 0 Å². The molecule has 0 bridgehead atoms. The summed E-state index contributed by atoms with van der Waals surface area (Å²) in [5.41, 5.74) is 3.75. The summed E-state index contributed by atoms with van der Waals surface area (Å²) in [4.78, 5) is 51.6. The third-order valence-electron chi connectivity index (χ3n) is 6.46. The van der Waals surface area contributed by atoms with Gasteiger partial charge in [0, 0.05) is 15.8 Å². The highest BCUT2D eigenvalue weighted by Gasteiger charge is 2.36. The van der Waals surface area contributed by atoms with Gasteiger partial charge in [0.05, 0.1) is 18.6 Å². The van der Waals surface area contributed by atoms with Crippen LogP contribution in [-0.2, 0) is 14.4 Å². The summed E-state index contributed by atoms with van der Waals surface area (Å²) in [7, 11) is 1.46. The SMILES string of the molecule is CCOc1ccc(NC(=O)CN2C(=O)S/C(=C/c3ccc(OCC(=O)Nc4ccc(Br)c(C)c4C)c(OC)c3)C2=O)cc1. The van der Waals surface area contributed by atoms with Crippen molar-refractivity contribution in [1.29, 1.82) is 0 Å². The zero-order valence-electron chi connectivity index (χ0n) is 24.0. The summed E-state index contributed by atoms with van der Waals surface area (Å²) in [6, 6.07) is 15.4. The van der Waals surface area contributed by atoms with Crippen LogP contribution >= 0.6 is 27.7 Å². The van der Waals surface area contributed by atoms with E-state index in [4.69, 9.17) is 14.2 Å². The number of nitrogens with one attached hydrogen (secondary N) is 2. The molecule has 0 radical (unpaired) electrons. The minimum absolute atomic E-state index is 0.161. The third-order valence-corrected chi connectivity index (χ3v) is 8.23. The van der Waals surface area contributed by atoms with Gasteiger partial charge in [0.2, 0.25) is 5.91 Å². The lowest BCUT2D eigenvalue weighted by Gasteiger charge is -2.14. The second-order valence-corrected chi connectivity index (χ2v) is 11.2. The van der Waals surface area contributed by atoms with Gasteiger partial charge in [-0.05, 0) is 104 Å². The van der Waals surface area contributed by atoms with Crippen LogP contribution in [0.25, 0.3) is 6.08 Å². The number of rotatable bonds is 11. The fraction of sp³-hybridized carbons (Fsp3) is 0.226. The van der Waals surface area contributed by atoms with Crippen molar-refractivity contribution in [3.05, 3.63) is 80.7 Å². The van der Waals surface area contributed by atoms with E-state index in [1.807, 2.05) is 32.9 Å². The van der Waals surface area contributed by atoms with Crippen LogP contribution in [0.4, 0.5) is 16.2 Å². The molecule has 3 aromatic carbocycles. The van der Waals surface area contributed by atoms with Crippen LogP contribution in [0, 0.1) is 13.8 Å². The molecule has 4 amide bonds. The number of methoxy groups -OCH3 is 1. The molecular formula is C31H30BrN3O7S. The Balaban J connectivity index is 1.36. The van der Waals surface area contributed by atoms with E-state index in [2.05, 4.69) is 26.6 Å². The summed E-state index contributed by atoms with van der Waals surface area (Å²) < 4.78 is 17.5. The predicted molar refractivity (Wildman–Crippen MR) is 170 cm³/mol. The predicted octanol–water partition coefficient (Wildman–Crippen LogP) is 6.17. The number of amides is 4. The molecule has 1 aliphatic rings. The van der Waals surface area contributed by atoms with Crippen LogP contribution in [-0.4, -0.2) is 54.7 Å². The number of thioether (sulfide) groups is 1. The molecule has 2 N–H and O–H groups in total. The van der Waals surface area contributed by atoms with Crippen molar-refractivity contribution in [3.63, 3.8) is 0 Å². The fourth-order valence-corrected chi connectivity index (χ4v) is 5.35. The van der Waals surface area contributed by atoms with Gasteiger partial charge in [0.25, 0.3) is 17.1 Å². The zero-order chi connectivity index (χ0) is 31.1. The van der Waals surface area contributed by atoms with Gasteiger partial charge in [0.1, 0.15) is 12.3 Å². The summed E-state index contributed by atoms with van der Waals surface area (Å²) in [5.74, 6) is -0.0864. The van der Waals surface area contributed by atoms with E-state index in [9.17, 15) is 19.2 Å². The third kappa shape index (κ3) is 7.96. The topological polar surface area (TPSA) is 123 Å². The molecule has 1 aliphatic heterocycles. The van der Waals surface area contributed by atoms with E-state index in [1.165, 1.54) is 13.2 Å². The Hall–Kier alpha value is -4.29. The highest BCUT2D eigenvalue weighted by Crippen LogP contribution is 2.35. The second kappa shape index (κ2) is 14.3. The first-order valence-electron chi connectivity index (χ1n) is 13.2. The summed E-state index contributed by atoms with van der Waals surface area (Å²) in [6.45, 7) is 5.60. The number of halogens is 1. The largest absolute Gasteiger partial charge is 0.494 e. The molecule has 3 aromatic rings. The van der Waals surface area contributed by atoms with Crippen LogP contribution in [0.2, 0.25) is 0 Å². The van der Waals surface area contributed by atoms with Crippen molar-refractivity contribution in [2.75, 3.05) is 37.5 Å². The average molecular weight is 669 g/mol. The van der Waals surface area contributed by atoms with Crippen LogP contribution in [0.1, 0.15) is 23.6 Å². The molecule has 0 atom stereocenters. The van der Waals surface area contributed by atoms with Crippen LogP contribution < -0.4 is 24.8 Å². The molecule has 0 unspecified atom stereocenters. The molecule has 43 heavy (non-hydrogen) atoms. The molecule has 1 heterocycles. The summed E-state index contributed by atoms with van der Waals surface area (Å²) >= 11 is 4.22. The van der Waals surface area contributed by atoms with Gasteiger partial charge in [-0.3, -0.25) is 24.1 Å². The number of ether oxygens (including phenoxy) is 3. The van der Waals surface area contributed by atoms with E-state index in [-0.39, 0.29) is 17.4 Å². The second-order valence-electron chi connectivity index (χ2n) is 9.37. The Morgan fingerprint density at radius 3 is 2.37 bits per heavy atom. The van der Waals surface area contributed by atoms with Gasteiger partial charge in [-0.2, -0.15) is 0 Å². The molecular weight excluding hydrogens is 638 g/mol. The molecule has 1 saturated heterocycles. The first-order valence-corrected chi connectivity index (χ1v) is 14.8. The number of carbonyl (C=O) groups is 4. The molecule has 1 fully saturated rings. The Morgan fingerprint density at radius 1 is 0.930 bits per heavy atom. The number of nitrogens with zero attached hydrogens (tertiary/aromatic N) is 1. The number of hydrogen-bond acceptors (Lipinski definition) is 8. The van der Waals surface area contributed by atoms with E-state index in [1.54, 1.807) is 42.5 Å². The van der Waals surface area contributed by atoms with Crippen molar-refractivity contribution in [3.8, 4) is 17.2 Å². The fourth-order valence-electron chi connectivity index (χ4n) is 4.08. The van der Waals surface area contributed by atoms with E-state index >= 15 is 0 Å². The van der Waals surface area contributed by atoms with E-state index in [0.29, 0.717) is 40.8 Å². The Labute approximate surface area is 261 Å². The van der Waals surface area contributed by atoms with Gasteiger partial charge in [0.15, 0.2) is 18.1 Å². The quantitative estimate of drug-likeness (QED) is 0.233. The highest BCUT2D eigenvalue weighted by molar-refractivity contribution is 9.10. The van der Waals surface area contributed by atoms with Gasteiger partial charge in [-0.25, -0.2) is 0 Å². The number of carbonyl (C=O) groups excluding carboxylic acids is 4. The maximum atomic E-state index is 13.0. The molecule has 12 heteroatoms. The normalized spacial score (nSPS) is 13.7. The smallest absolute Gasteiger partial charge is 0.294 e. The molecule has 4 rings (SSSR count). The average Bonchev–Trinajstić information content (AvgIpc) is 3.24. The highest BCUT2D eigenvalue weighted by atomic mass is 79.9. The first kappa shape index (κ1) is 31.6. The van der Waals surface area contributed by atoms with Crippen LogP contribution in [0.5, 0.6) is 17.2 Å². The van der Waals surface area contributed by atoms with Crippen LogP contribution in [0.3, 0.4) is 0 Å². The zero-order valence-corrected chi connectivity index (χ0v) is 26.4. The molecule has 0 aromatic heterocycles. The van der Waals surface area contributed by atoms with Gasteiger partial charge < -0.3 is 24.8 Å². The number of anilines is 2. The number of imide groups is 1. The van der Waals surface area contributed by atoms with Crippen molar-refractivity contribution in [1.82, 2.24) is 4.90 Å². The van der Waals surface area contributed by atoms with Crippen molar-refractivity contribution < 1.29 is 33.4 Å². The van der Waals surface area contributed by atoms with E-state index < -0.39 is 23.6 Å². The van der Waals surface area contributed by atoms with Gasteiger partial charge >= 0.3 is 0 Å². The summed E-state index contributed by atoms with van der Waals surface area (Å²) in [5, 5.41) is 4.97. The Bertz CT molecular complexity index is 1590. The lowest BCUT2D eigenvalue weighted by molar-refractivity contribution is -0.127. The Morgan fingerprint density at radius 2 is 1.67 bits per heavy atom. The lowest BCUT2D eigenvalue weighted by atomic mass is 10.1. The van der Waals surface area contributed by atoms with Gasteiger partial charge in [-0.1, -0.05) is 22.0 Å². The maximum absolute atomic E-state index is 13.0. The van der Waals surface area contributed by atoms with Crippen molar-refractivity contribution in [2.45, 2.75) is 20.8 Å². The molecule has 0 spiro atoms. The molecule has 0 aliphatic carbocycles. The van der Waals surface area contributed by atoms with E-state index in [0.717, 1.165) is 32.3 Å². The standard InChI is InChI=1S/C31H30BrN3O7S/c1-5-41-22-9-7-21(8-10-22)33-28(36)16-35-30(38)27(43-31(35)39)15-20-6-13-25(26(14-20)40-4)42-17-29(37)34-24-12-11-23(32)18(2)19(24)3/h6-15H,5,16-17H2,1-4H3,(H,33,36)(H,34,37)/b27-15+. The lowest BCUT2D eigenvalue weighted by Crippen LogP contribution is -2.36. The molecule has 224 valence electrons.